The van der Waals surface area contributed by atoms with Gasteiger partial charge in [0.25, 0.3) is 11.8 Å². The number of anilines is 1. The SMILES string of the molecule is NC(=O)[C@@H]1CCN(C(=O)c2ccc(F)cc2NC(=O)c2cccc(Br)c2)C1. The van der Waals surface area contributed by atoms with Crippen molar-refractivity contribution in [2.75, 3.05) is 18.4 Å². The zero-order valence-corrected chi connectivity index (χ0v) is 15.8. The minimum atomic E-state index is -0.576. The van der Waals surface area contributed by atoms with E-state index in [1.807, 2.05) is 0 Å². The van der Waals surface area contributed by atoms with Crippen LogP contribution < -0.4 is 11.1 Å². The van der Waals surface area contributed by atoms with Crippen molar-refractivity contribution >= 4 is 39.3 Å². The maximum absolute atomic E-state index is 13.7. The Kier molecular flexibility index (Phi) is 5.55. The summed E-state index contributed by atoms with van der Waals surface area (Å²) in [4.78, 5) is 38.1. The molecule has 1 aliphatic rings. The predicted octanol–water partition coefficient (Wildman–Crippen LogP) is 2.79. The van der Waals surface area contributed by atoms with Gasteiger partial charge in [-0.05, 0) is 42.8 Å². The highest BCUT2D eigenvalue weighted by molar-refractivity contribution is 9.10. The summed E-state index contributed by atoms with van der Waals surface area (Å²) in [6, 6.07) is 10.3. The first-order valence-electron chi connectivity index (χ1n) is 8.30. The lowest BCUT2D eigenvalue weighted by molar-refractivity contribution is -0.121. The zero-order valence-electron chi connectivity index (χ0n) is 14.2. The van der Waals surface area contributed by atoms with Crippen molar-refractivity contribution in [3.8, 4) is 0 Å². The molecule has 1 saturated heterocycles. The van der Waals surface area contributed by atoms with Crippen molar-refractivity contribution in [3.63, 3.8) is 0 Å². The summed E-state index contributed by atoms with van der Waals surface area (Å²) in [5.74, 6) is -2.27. The van der Waals surface area contributed by atoms with E-state index >= 15 is 0 Å². The number of carbonyl (C=O) groups excluding carboxylic acids is 3. The minimum Gasteiger partial charge on any atom is -0.369 e. The largest absolute Gasteiger partial charge is 0.369 e. The van der Waals surface area contributed by atoms with Crippen LogP contribution in [0.1, 0.15) is 27.1 Å². The number of nitrogens with two attached hydrogens (primary N) is 1. The molecule has 3 N–H and O–H groups in total. The fourth-order valence-corrected chi connectivity index (χ4v) is 3.38. The highest BCUT2D eigenvalue weighted by Crippen LogP contribution is 2.24. The van der Waals surface area contributed by atoms with Gasteiger partial charge in [0.2, 0.25) is 5.91 Å². The molecule has 0 aromatic heterocycles. The third kappa shape index (κ3) is 4.33. The van der Waals surface area contributed by atoms with Gasteiger partial charge in [-0.2, -0.15) is 0 Å². The minimum absolute atomic E-state index is 0.0764. The second-order valence-electron chi connectivity index (χ2n) is 6.29. The maximum atomic E-state index is 13.7. The Hall–Kier alpha value is -2.74. The molecule has 140 valence electrons. The summed E-state index contributed by atoms with van der Waals surface area (Å²) in [5, 5.41) is 2.59. The summed E-state index contributed by atoms with van der Waals surface area (Å²) in [5.41, 5.74) is 5.90. The highest BCUT2D eigenvalue weighted by atomic mass is 79.9. The number of halogens is 2. The lowest BCUT2D eigenvalue weighted by atomic mass is 10.1. The molecule has 1 fully saturated rings. The van der Waals surface area contributed by atoms with Gasteiger partial charge in [-0.3, -0.25) is 14.4 Å². The van der Waals surface area contributed by atoms with Crippen molar-refractivity contribution in [2.24, 2.45) is 11.7 Å². The molecule has 27 heavy (non-hydrogen) atoms. The Morgan fingerprint density at radius 2 is 1.96 bits per heavy atom. The van der Waals surface area contributed by atoms with E-state index in [4.69, 9.17) is 5.73 Å². The van der Waals surface area contributed by atoms with Gasteiger partial charge in [-0.15, -0.1) is 0 Å². The van der Waals surface area contributed by atoms with Gasteiger partial charge in [0.15, 0.2) is 0 Å². The third-order valence-corrected chi connectivity index (χ3v) is 4.92. The zero-order chi connectivity index (χ0) is 19.6. The van der Waals surface area contributed by atoms with Gasteiger partial charge in [0.1, 0.15) is 5.82 Å². The van der Waals surface area contributed by atoms with Gasteiger partial charge in [0.05, 0.1) is 17.2 Å². The molecule has 1 aliphatic heterocycles. The van der Waals surface area contributed by atoms with Crippen LogP contribution in [-0.4, -0.2) is 35.7 Å². The lowest BCUT2D eigenvalue weighted by Gasteiger charge is -2.18. The smallest absolute Gasteiger partial charge is 0.255 e. The lowest BCUT2D eigenvalue weighted by Crippen LogP contribution is -2.32. The molecule has 0 spiro atoms. The summed E-state index contributed by atoms with van der Waals surface area (Å²) in [6.07, 6.45) is 0.488. The van der Waals surface area contributed by atoms with E-state index in [-0.39, 0.29) is 23.7 Å². The average Bonchev–Trinajstić information content (AvgIpc) is 3.12. The number of benzene rings is 2. The second-order valence-corrected chi connectivity index (χ2v) is 7.21. The summed E-state index contributed by atoms with van der Waals surface area (Å²) < 4.78 is 14.5. The van der Waals surface area contributed by atoms with Crippen LogP contribution in [-0.2, 0) is 4.79 Å². The molecule has 3 rings (SSSR count). The fraction of sp³-hybridized carbons (Fsp3) is 0.211. The second kappa shape index (κ2) is 7.87. The van der Waals surface area contributed by atoms with Crippen molar-refractivity contribution in [1.29, 1.82) is 0 Å². The van der Waals surface area contributed by atoms with E-state index in [1.54, 1.807) is 24.3 Å². The van der Waals surface area contributed by atoms with Gasteiger partial charge in [0, 0.05) is 23.1 Å². The van der Waals surface area contributed by atoms with Crippen LogP contribution in [0, 0.1) is 11.7 Å². The van der Waals surface area contributed by atoms with Gasteiger partial charge < -0.3 is 16.0 Å². The first-order chi connectivity index (χ1) is 12.8. The number of amides is 3. The third-order valence-electron chi connectivity index (χ3n) is 4.42. The molecule has 0 radical (unpaired) electrons. The standard InChI is InChI=1S/C19H17BrFN3O3/c20-13-3-1-2-11(8-13)18(26)23-16-9-14(21)4-5-15(16)19(27)24-7-6-12(10-24)17(22)25/h1-5,8-9,12H,6-7,10H2,(H2,22,25)(H,23,26)/t12-/m1/s1. The fourth-order valence-electron chi connectivity index (χ4n) is 2.98. The van der Waals surface area contributed by atoms with Crippen molar-refractivity contribution in [1.82, 2.24) is 4.90 Å². The monoisotopic (exact) mass is 433 g/mol. The number of hydrogen-bond acceptors (Lipinski definition) is 3. The Labute approximate surface area is 163 Å². The normalized spacial score (nSPS) is 16.2. The van der Waals surface area contributed by atoms with Crippen LogP contribution in [0.3, 0.4) is 0 Å². The number of nitrogens with one attached hydrogen (secondary N) is 1. The number of carbonyl (C=O) groups is 3. The van der Waals surface area contributed by atoms with Gasteiger partial charge >= 0.3 is 0 Å². The number of nitrogens with zero attached hydrogens (tertiary/aromatic N) is 1. The van der Waals surface area contributed by atoms with E-state index in [1.165, 1.54) is 11.0 Å². The summed E-state index contributed by atoms with van der Waals surface area (Å²) in [7, 11) is 0. The molecule has 0 unspecified atom stereocenters. The number of likely N-dealkylation sites (tertiary alicyclic amines) is 1. The molecular formula is C19H17BrFN3O3. The number of hydrogen-bond donors (Lipinski definition) is 2. The van der Waals surface area contributed by atoms with Crippen LogP contribution in [0.15, 0.2) is 46.9 Å². The highest BCUT2D eigenvalue weighted by Gasteiger charge is 2.31. The van der Waals surface area contributed by atoms with Crippen LogP contribution in [0.2, 0.25) is 0 Å². The molecule has 1 atom stereocenters. The van der Waals surface area contributed by atoms with Crippen LogP contribution in [0.4, 0.5) is 10.1 Å². The molecule has 6 nitrogen and oxygen atoms in total. The van der Waals surface area contributed by atoms with Crippen LogP contribution >= 0.6 is 15.9 Å². The Bertz CT molecular complexity index is 919. The molecule has 2 aromatic rings. The van der Waals surface area contributed by atoms with E-state index in [2.05, 4.69) is 21.2 Å². The topological polar surface area (TPSA) is 92.5 Å². The number of rotatable bonds is 4. The Morgan fingerprint density at radius 3 is 2.63 bits per heavy atom. The van der Waals surface area contributed by atoms with E-state index < -0.39 is 23.5 Å². The molecule has 0 saturated carbocycles. The first-order valence-corrected chi connectivity index (χ1v) is 9.09. The predicted molar refractivity (Wildman–Crippen MR) is 102 cm³/mol. The van der Waals surface area contributed by atoms with E-state index in [0.717, 1.165) is 16.6 Å². The quantitative estimate of drug-likeness (QED) is 0.775. The summed E-state index contributed by atoms with van der Waals surface area (Å²) in [6.45, 7) is 0.591. The van der Waals surface area contributed by atoms with Crippen LogP contribution in [0.5, 0.6) is 0 Å². The summed E-state index contributed by atoms with van der Waals surface area (Å²) >= 11 is 3.29. The van der Waals surface area contributed by atoms with Gasteiger partial charge in [-0.1, -0.05) is 22.0 Å². The van der Waals surface area contributed by atoms with Crippen molar-refractivity contribution < 1.29 is 18.8 Å². The maximum Gasteiger partial charge on any atom is 0.255 e. The molecule has 1 heterocycles. The Balaban J connectivity index is 1.84. The van der Waals surface area contributed by atoms with Crippen LogP contribution in [0.25, 0.3) is 0 Å². The Morgan fingerprint density at radius 1 is 1.19 bits per heavy atom. The number of primary amides is 1. The molecule has 0 aliphatic carbocycles. The van der Waals surface area contributed by atoms with E-state index in [0.29, 0.717) is 18.5 Å². The molecule has 2 aromatic carbocycles. The molecule has 3 amide bonds. The van der Waals surface area contributed by atoms with E-state index in [9.17, 15) is 18.8 Å². The van der Waals surface area contributed by atoms with Gasteiger partial charge in [-0.25, -0.2) is 4.39 Å². The van der Waals surface area contributed by atoms with Crippen molar-refractivity contribution in [3.05, 3.63) is 63.9 Å². The average molecular weight is 434 g/mol. The molecule has 8 heteroatoms. The molecular weight excluding hydrogens is 417 g/mol. The van der Waals surface area contributed by atoms with Crippen molar-refractivity contribution in [2.45, 2.75) is 6.42 Å². The first kappa shape index (κ1) is 19.0. The molecule has 0 bridgehead atoms.